The second kappa shape index (κ2) is 7.75. The fourth-order valence-electron chi connectivity index (χ4n) is 2.71. The van der Waals surface area contributed by atoms with Crippen LogP contribution in [0.15, 0.2) is 18.2 Å². The monoisotopic (exact) mass is 307 g/mol. The Morgan fingerprint density at radius 3 is 2.41 bits per heavy atom. The smallest absolute Gasteiger partial charge is 0.227 e. The molecule has 0 saturated carbocycles. The maximum absolute atomic E-state index is 13.8. The summed E-state index contributed by atoms with van der Waals surface area (Å²) in [6.45, 7) is 12.3. The van der Waals surface area contributed by atoms with Gasteiger partial charge < -0.3 is 4.90 Å². The van der Waals surface area contributed by atoms with Crippen LogP contribution in [0.5, 0.6) is 0 Å². The van der Waals surface area contributed by atoms with Crippen molar-refractivity contribution in [1.82, 2.24) is 0 Å². The minimum Gasteiger partial charge on any atom is -0.310 e. The minimum absolute atomic E-state index is 0.0606. The first-order chi connectivity index (χ1) is 10.2. The Labute approximate surface area is 134 Å². The van der Waals surface area contributed by atoms with E-state index < -0.39 is 0 Å². The van der Waals surface area contributed by atoms with Crippen LogP contribution in [0.25, 0.3) is 0 Å². The molecule has 0 aliphatic heterocycles. The number of hydrogen-bond donors (Lipinski definition) is 0. The van der Waals surface area contributed by atoms with Gasteiger partial charge in [0.15, 0.2) is 0 Å². The van der Waals surface area contributed by atoms with Gasteiger partial charge in [-0.05, 0) is 48.9 Å². The molecule has 0 heterocycles. The lowest BCUT2D eigenvalue weighted by Crippen LogP contribution is -2.40. The predicted molar refractivity (Wildman–Crippen MR) is 91.7 cm³/mol. The number of benzene rings is 1. The highest BCUT2D eigenvalue weighted by molar-refractivity contribution is 5.94. The Hall–Kier alpha value is -1.38. The number of halogens is 1. The molecule has 0 aliphatic carbocycles. The lowest BCUT2D eigenvalue weighted by atomic mass is 9.91. The van der Waals surface area contributed by atoms with E-state index in [2.05, 4.69) is 34.6 Å². The maximum Gasteiger partial charge on any atom is 0.227 e. The van der Waals surface area contributed by atoms with Gasteiger partial charge in [-0.3, -0.25) is 4.79 Å². The zero-order valence-electron chi connectivity index (χ0n) is 14.9. The maximum atomic E-state index is 13.8. The average Bonchev–Trinajstić information content (AvgIpc) is 2.39. The standard InChI is InChI=1S/C19H30FNO/c1-7-9-14(3)21(18(22)13-19(4,5)6)16-10-11-17(20)15(8-2)12-16/h10-12,14H,7-9,13H2,1-6H3. The van der Waals surface area contributed by atoms with E-state index in [9.17, 15) is 9.18 Å². The summed E-state index contributed by atoms with van der Waals surface area (Å²) in [5.74, 6) is -0.0836. The molecule has 1 atom stereocenters. The highest BCUT2D eigenvalue weighted by atomic mass is 19.1. The molecular weight excluding hydrogens is 277 g/mol. The highest BCUT2D eigenvalue weighted by Crippen LogP contribution is 2.27. The number of carbonyl (C=O) groups is 1. The molecule has 1 aromatic rings. The Morgan fingerprint density at radius 2 is 1.91 bits per heavy atom. The molecule has 1 rings (SSSR count). The number of carbonyl (C=O) groups excluding carboxylic acids is 1. The van der Waals surface area contributed by atoms with Crippen molar-refractivity contribution in [3.8, 4) is 0 Å². The number of nitrogens with zero attached hydrogens (tertiary/aromatic N) is 1. The molecule has 1 aromatic carbocycles. The topological polar surface area (TPSA) is 20.3 Å². The molecule has 3 heteroatoms. The molecule has 124 valence electrons. The van der Waals surface area contributed by atoms with E-state index in [4.69, 9.17) is 0 Å². The average molecular weight is 307 g/mol. The molecule has 0 saturated heterocycles. The zero-order valence-corrected chi connectivity index (χ0v) is 14.9. The molecule has 0 aromatic heterocycles. The molecule has 0 fully saturated rings. The molecule has 0 radical (unpaired) electrons. The zero-order chi connectivity index (χ0) is 16.9. The summed E-state index contributed by atoms with van der Waals surface area (Å²) in [4.78, 5) is 14.6. The van der Waals surface area contributed by atoms with Gasteiger partial charge in [0.25, 0.3) is 0 Å². The molecule has 0 aliphatic rings. The third kappa shape index (κ3) is 5.11. The van der Waals surface area contributed by atoms with Gasteiger partial charge in [0, 0.05) is 18.2 Å². The van der Waals surface area contributed by atoms with Crippen molar-refractivity contribution in [2.75, 3.05) is 4.90 Å². The summed E-state index contributed by atoms with van der Waals surface area (Å²) >= 11 is 0. The van der Waals surface area contributed by atoms with Gasteiger partial charge in [0.2, 0.25) is 5.91 Å². The Bertz CT molecular complexity index is 505. The lowest BCUT2D eigenvalue weighted by Gasteiger charge is -2.32. The van der Waals surface area contributed by atoms with Crippen LogP contribution in [0.2, 0.25) is 0 Å². The Morgan fingerprint density at radius 1 is 1.27 bits per heavy atom. The summed E-state index contributed by atoms with van der Waals surface area (Å²) in [5, 5.41) is 0. The van der Waals surface area contributed by atoms with Gasteiger partial charge in [-0.1, -0.05) is 41.0 Å². The molecular formula is C19H30FNO. The third-order valence-corrected chi connectivity index (χ3v) is 3.79. The number of aryl methyl sites for hydroxylation is 1. The second-order valence-electron chi connectivity index (χ2n) is 7.27. The normalized spacial score (nSPS) is 13.0. The van der Waals surface area contributed by atoms with Crippen molar-refractivity contribution in [2.45, 2.75) is 73.3 Å². The van der Waals surface area contributed by atoms with Crippen LogP contribution in [0.4, 0.5) is 10.1 Å². The SMILES string of the molecule is CCCC(C)N(C(=O)CC(C)(C)C)c1ccc(F)c(CC)c1. The Kier molecular flexibility index (Phi) is 6.58. The summed E-state index contributed by atoms with van der Waals surface area (Å²) < 4.78 is 13.8. The van der Waals surface area contributed by atoms with Gasteiger partial charge >= 0.3 is 0 Å². The summed E-state index contributed by atoms with van der Waals surface area (Å²) in [7, 11) is 0. The Balaban J connectivity index is 3.17. The van der Waals surface area contributed by atoms with Crippen molar-refractivity contribution in [1.29, 1.82) is 0 Å². The van der Waals surface area contributed by atoms with Gasteiger partial charge in [-0.25, -0.2) is 4.39 Å². The summed E-state index contributed by atoms with van der Waals surface area (Å²) in [5.41, 5.74) is 1.41. The molecule has 0 bridgehead atoms. The lowest BCUT2D eigenvalue weighted by molar-refractivity contribution is -0.120. The first kappa shape index (κ1) is 18.7. The first-order valence-corrected chi connectivity index (χ1v) is 8.30. The van der Waals surface area contributed by atoms with Crippen molar-refractivity contribution >= 4 is 11.6 Å². The van der Waals surface area contributed by atoms with E-state index in [0.717, 1.165) is 18.5 Å². The molecule has 22 heavy (non-hydrogen) atoms. The molecule has 1 amide bonds. The number of anilines is 1. The third-order valence-electron chi connectivity index (χ3n) is 3.79. The van der Waals surface area contributed by atoms with Crippen molar-refractivity contribution < 1.29 is 9.18 Å². The van der Waals surface area contributed by atoms with Crippen LogP contribution >= 0.6 is 0 Å². The fraction of sp³-hybridized carbons (Fsp3) is 0.632. The number of hydrogen-bond acceptors (Lipinski definition) is 1. The van der Waals surface area contributed by atoms with E-state index in [1.54, 1.807) is 6.07 Å². The van der Waals surface area contributed by atoms with Crippen molar-refractivity contribution in [3.63, 3.8) is 0 Å². The van der Waals surface area contributed by atoms with Gasteiger partial charge in [-0.15, -0.1) is 0 Å². The number of amides is 1. The first-order valence-electron chi connectivity index (χ1n) is 8.30. The van der Waals surface area contributed by atoms with E-state index in [1.165, 1.54) is 6.07 Å². The van der Waals surface area contributed by atoms with E-state index >= 15 is 0 Å². The summed E-state index contributed by atoms with van der Waals surface area (Å²) in [6.07, 6.45) is 3.07. The van der Waals surface area contributed by atoms with Crippen LogP contribution < -0.4 is 4.90 Å². The largest absolute Gasteiger partial charge is 0.310 e. The van der Waals surface area contributed by atoms with Crippen LogP contribution in [-0.2, 0) is 11.2 Å². The molecule has 0 spiro atoms. The van der Waals surface area contributed by atoms with Crippen LogP contribution in [-0.4, -0.2) is 11.9 Å². The van der Waals surface area contributed by atoms with Gasteiger partial charge in [0.1, 0.15) is 5.82 Å². The molecule has 1 unspecified atom stereocenters. The summed E-state index contributed by atoms with van der Waals surface area (Å²) in [6, 6.07) is 5.14. The van der Waals surface area contributed by atoms with Gasteiger partial charge in [-0.2, -0.15) is 0 Å². The fourth-order valence-corrected chi connectivity index (χ4v) is 2.71. The molecule has 0 N–H and O–H groups in total. The van der Waals surface area contributed by atoms with Crippen LogP contribution in [0.1, 0.15) is 66.4 Å². The quantitative estimate of drug-likeness (QED) is 0.694. The van der Waals surface area contributed by atoms with E-state index in [0.29, 0.717) is 18.4 Å². The van der Waals surface area contributed by atoms with E-state index in [-0.39, 0.29) is 23.2 Å². The predicted octanol–water partition coefficient (Wildman–Crippen LogP) is 5.35. The van der Waals surface area contributed by atoms with Crippen molar-refractivity contribution in [3.05, 3.63) is 29.6 Å². The van der Waals surface area contributed by atoms with Crippen molar-refractivity contribution in [2.24, 2.45) is 5.41 Å². The number of rotatable bonds is 6. The van der Waals surface area contributed by atoms with Crippen LogP contribution in [0.3, 0.4) is 0 Å². The molecule has 2 nitrogen and oxygen atoms in total. The highest BCUT2D eigenvalue weighted by Gasteiger charge is 2.26. The van der Waals surface area contributed by atoms with Gasteiger partial charge in [0.05, 0.1) is 0 Å². The van der Waals surface area contributed by atoms with E-state index in [1.807, 2.05) is 17.9 Å². The minimum atomic E-state index is -0.197. The second-order valence-corrected chi connectivity index (χ2v) is 7.27. The van der Waals surface area contributed by atoms with Crippen LogP contribution in [0, 0.1) is 11.2 Å².